The molecule has 0 atom stereocenters. The number of aliphatic imine (C=N–C) groups is 1. The monoisotopic (exact) mass is 234 g/mol. The molecule has 82 valence electrons. The van der Waals surface area contributed by atoms with E-state index < -0.39 is 0 Å². The van der Waals surface area contributed by atoms with E-state index in [1.54, 1.807) is 25.3 Å². The maximum Gasteiger partial charge on any atom is 0.274 e. The smallest absolute Gasteiger partial charge is 0.274 e. The summed E-state index contributed by atoms with van der Waals surface area (Å²) in [5.74, 6) is 0. The molecule has 0 fully saturated rings. The number of benzene rings is 1. The molecular weight excluding hydrogens is 224 g/mol. The number of aromatic amines is 1. The fraction of sp³-hybridized carbons (Fsp3) is 0.167. The van der Waals surface area contributed by atoms with Gasteiger partial charge in [0.1, 0.15) is 5.69 Å². The second-order valence-electron chi connectivity index (χ2n) is 3.50. The van der Waals surface area contributed by atoms with E-state index >= 15 is 0 Å². The van der Waals surface area contributed by atoms with Crippen molar-refractivity contribution >= 4 is 34.4 Å². The fourth-order valence-corrected chi connectivity index (χ4v) is 1.87. The number of halogens is 1. The summed E-state index contributed by atoms with van der Waals surface area (Å²) in [5.41, 5.74) is 1.89. The van der Waals surface area contributed by atoms with Gasteiger partial charge in [-0.2, -0.15) is 0 Å². The zero-order chi connectivity index (χ0) is 11.7. The van der Waals surface area contributed by atoms with Crippen molar-refractivity contribution in [1.82, 2.24) is 4.98 Å². The van der Waals surface area contributed by atoms with Gasteiger partial charge in [0, 0.05) is 22.1 Å². The summed E-state index contributed by atoms with van der Waals surface area (Å²) in [6, 6.07) is 5.38. The number of fused-ring (bicyclic) bond motifs is 1. The van der Waals surface area contributed by atoms with E-state index in [9.17, 15) is 4.79 Å². The Morgan fingerprint density at radius 1 is 1.44 bits per heavy atom. The molecule has 4 heteroatoms. The van der Waals surface area contributed by atoms with Crippen molar-refractivity contribution in [3.8, 4) is 0 Å². The molecule has 0 aliphatic rings. The summed E-state index contributed by atoms with van der Waals surface area (Å²) in [7, 11) is 0. The van der Waals surface area contributed by atoms with E-state index in [0.717, 1.165) is 16.5 Å². The maximum absolute atomic E-state index is 11.7. The number of aryl methyl sites for hydroxylation is 1. The van der Waals surface area contributed by atoms with E-state index in [1.165, 1.54) is 0 Å². The molecule has 0 bridgehead atoms. The molecule has 3 nitrogen and oxygen atoms in total. The quantitative estimate of drug-likeness (QED) is 0.757. The lowest BCUT2D eigenvalue weighted by Gasteiger charge is -2.05. The fourth-order valence-electron chi connectivity index (χ4n) is 1.70. The largest absolute Gasteiger partial charge is 0.320 e. The third-order valence-electron chi connectivity index (χ3n) is 2.46. The molecule has 0 aliphatic heterocycles. The van der Waals surface area contributed by atoms with Crippen molar-refractivity contribution in [1.29, 1.82) is 0 Å². The van der Waals surface area contributed by atoms with E-state index in [1.807, 2.05) is 13.0 Å². The first-order valence-corrected chi connectivity index (χ1v) is 5.32. The molecule has 0 unspecified atom stereocenters. The lowest BCUT2D eigenvalue weighted by Crippen LogP contribution is -2.07. The summed E-state index contributed by atoms with van der Waals surface area (Å²) in [4.78, 5) is 18.6. The van der Waals surface area contributed by atoms with Crippen LogP contribution in [0.4, 0.5) is 5.69 Å². The Hall–Kier alpha value is -1.61. The number of rotatable bonds is 1. The van der Waals surface area contributed by atoms with E-state index in [0.29, 0.717) is 10.7 Å². The topological polar surface area (TPSA) is 45.2 Å². The highest BCUT2D eigenvalue weighted by Crippen LogP contribution is 2.24. The molecular formula is C12H11ClN2O. The first kappa shape index (κ1) is 10.9. The molecule has 1 N–H and O–H groups in total. The average Bonchev–Trinajstić information content (AvgIpc) is 2.26. The lowest BCUT2D eigenvalue weighted by molar-refractivity contribution is 1.25. The lowest BCUT2D eigenvalue weighted by atomic mass is 10.1. The first-order chi connectivity index (χ1) is 7.63. The van der Waals surface area contributed by atoms with Gasteiger partial charge < -0.3 is 4.98 Å². The predicted molar refractivity (Wildman–Crippen MR) is 68.1 cm³/mol. The Morgan fingerprint density at radius 2 is 2.19 bits per heavy atom. The number of nitrogens with zero attached hydrogens (tertiary/aromatic N) is 1. The number of H-pyrrole nitrogens is 1. The second kappa shape index (κ2) is 4.10. The van der Waals surface area contributed by atoms with Gasteiger partial charge in [0.15, 0.2) is 0 Å². The Bertz CT molecular complexity index is 629. The zero-order valence-electron chi connectivity index (χ0n) is 9.04. The van der Waals surface area contributed by atoms with Crippen LogP contribution in [0.25, 0.3) is 10.9 Å². The van der Waals surface area contributed by atoms with Crippen molar-refractivity contribution in [3.63, 3.8) is 0 Å². The summed E-state index contributed by atoms with van der Waals surface area (Å²) < 4.78 is 0. The van der Waals surface area contributed by atoms with Gasteiger partial charge in [-0.05, 0) is 37.6 Å². The van der Waals surface area contributed by atoms with Gasteiger partial charge in [-0.15, -0.1) is 0 Å². The van der Waals surface area contributed by atoms with Crippen LogP contribution in [0.5, 0.6) is 0 Å². The van der Waals surface area contributed by atoms with Crippen LogP contribution in [0.1, 0.15) is 12.5 Å². The molecule has 1 aromatic heterocycles. The van der Waals surface area contributed by atoms with Crippen LogP contribution in [-0.2, 0) is 0 Å². The van der Waals surface area contributed by atoms with E-state index in [-0.39, 0.29) is 5.56 Å². The molecule has 16 heavy (non-hydrogen) atoms. The highest BCUT2D eigenvalue weighted by Gasteiger charge is 2.07. The van der Waals surface area contributed by atoms with Crippen molar-refractivity contribution in [2.45, 2.75) is 13.8 Å². The van der Waals surface area contributed by atoms with Gasteiger partial charge in [0.05, 0.1) is 0 Å². The van der Waals surface area contributed by atoms with E-state index in [2.05, 4.69) is 9.98 Å². The SMILES string of the molecule is CC=Nc1c(C)c2cc(Cl)ccc2[nH]c1=O. The van der Waals surface area contributed by atoms with Gasteiger partial charge >= 0.3 is 0 Å². The standard InChI is InChI=1S/C12H11ClN2O/c1-3-14-11-7(2)9-6-8(13)4-5-10(9)15-12(11)16/h3-6H,1-2H3,(H,15,16). The Kier molecular flexibility index (Phi) is 2.79. The summed E-state index contributed by atoms with van der Waals surface area (Å²) in [6.07, 6.45) is 1.61. The minimum Gasteiger partial charge on any atom is -0.320 e. The Balaban J connectivity index is 2.90. The zero-order valence-corrected chi connectivity index (χ0v) is 9.80. The van der Waals surface area contributed by atoms with Crippen molar-refractivity contribution in [2.75, 3.05) is 0 Å². The Morgan fingerprint density at radius 3 is 2.88 bits per heavy atom. The van der Waals surface area contributed by atoms with Gasteiger partial charge in [0.25, 0.3) is 5.56 Å². The normalized spacial score (nSPS) is 11.4. The van der Waals surface area contributed by atoms with Crippen molar-refractivity contribution < 1.29 is 0 Å². The highest BCUT2D eigenvalue weighted by atomic mass is 35.5. The molecule has 0 amide bonds. The molecule has 2 rings (SSSR count). The third-order valence-corrected chi connectivity index (χ3v) is 2.70. The van der Waals surface area contributed by atoms with Crippen LogP contribution < -0.4 is 5.56 Å². The molecule has 0 radical (unpaired) electrons. The average molecular weight is 235 g/mol. The molecule has 1 aromatic carbocycles. The number of hydrogen-bond donors (Lipinski definition) is 1. The molecule has 0 saturated heterocycles. The van der Waals surface area contributed by atoms with Crippen LogP contribution in [0, 0.1) is 6.92 Å². The number of hydrogen-bond acceptors (Lipinski definition) is 2. The minimum absolute atomic E-state index is 0.176. The second-order valence-corrected chi connectivity index (χ2v) is 3.94. The molecule has 2 aromatic rings. The van der Waals surface area contributed by atoms with Gasteiger partial charge in [0.2, 0.25) is 0 Å². The molecule has 1 heterocycles. The van der Waals surface area contributed by atoms with Gasteiger partial charge in [-0.3, -0.25) is 9.79 Å². The first-order valence-electron chi connectivity index (χ1n) is 4.94. The van der Waals surface area contributed by atoms with Gasteiger partial charge in [-0.1, -0.05) is 11.6 Å². The molecule has 0 aliphatic carbocycles. The number of aromatic nitrogens is 1. The minimum atomic E-state index is -0.176. The maximum atomic E-state index is 11.7. The highest BCUT2D eigenvalue weighted by molar-refractivity contribution is 6.31. The molecule has 0 saturated carbocycles. The third kappa shape index (κ3) is 1.74. The van der Waals surface area contributed by atoms with Crippen LogP contribution in [0.15, 0.2) is 28.0 Å². The Labute approximate surface area is 97.8 Å². The van der Waals surface area contributed by atoms with E-state index in [4.69, 9.17) is 11.6 Å². The summed E-state index contributed by atoms with van der Waals surface area (Å²) in [5, 5.41) is 1.57. The van der Waals surface area contributed by atoms with Crippen LogP contribution >= 0.6 is 11.6 Å². The van der Waals surface area contributed by atoms with Crippen LogP contribution in [0.3, 0.4) is 0 Å². The number of pyridine rings is 1. The van der Waals surface area contributed by atoms with Crippen molar-refractivity contribution in [2.24, 2.45) is 4.99 Å². The van der Waals surface area contributed by atoms with Crippen LogP contribution in [0.2, 0.25) is 5.02 Å². The summed E-state index contributed by atoms with van der Waals surface area (Å²) >= 11 is 5.93. The van der Waals surface area contributed by atoms with Crippen LogP contribution in [-0.4, -0.2) is 11.2 Å². The van der Waals surface area contributed by atoms with Gasteiger partial charge in [-0.25, -0.2) is 0 Å². The molecule has 0 spiro atoms. The van der Waals surface area contributed by atoms with Crippen molar-refractivity contribution in [3.05, 3.63) is 39.1 Å². The predicted octanol–water partition coefficient (Wildman–Crippen LogP) is 3.21. The summed E-state index contributed by atoms with van der Waals surface area (Å²) in [6.45, 7) is 3.65. The number of nitrogens with one attached hydrogen (secondary N) is 1.